The van der Waals surface area contributed by atoms with Crippen LogP contribution in [0, 0.1) is 0 Å². The number of ether oxygens (including phenoxy) is 1. The van der Waals surface area contributed by atoms with Gasteiger partial charge in [-0.15, -0.1) is 0 Å². The van der Waals surface area contributed by atoms with Gasteiger partial charge < -0.3 is 10.1 Å². The van der Waals surface area contributed by atoms with E-state index in [0.717, 1.165) is 12.2 Å². The first-order valence-corrected chi connectivity index (χ1v) is 5.31. The highest BCUT2D eigenvalue weighted by Gasteiger charge is 2.06. The zero-order valence-electron chi connectivity index (χ0n) is 8.87. The summed E-state index contributed by atoms with van der Waals surface area (Å²) in [5.74, 6) is -1.11. The highest BCUT2D eigenvalue weighted by molar-refractivity contribution is 6.44. The minimum atomic E-state index is -0.614. The summed E-state index contributed by atoms with van der Waals surface area (Å²) in [4.78, 5) is 22.1. The zero-order valence-corrected chi connectivity index (χ0v) is 10.4. The number of halogens is 2. The normalized spacial score (nSPS) is 10.3. The Hall–Kier alpha value is -1.52. The second kappa shape index (κ2) is 6.27. The summed E-state index contributed by atoms with van der Waals surface area (Å²) in [6.45, 7) is 0. The van der Waals surface area contributed by atoms with Crippen LogP contribution < -0.4 is 5.32 Å². The maximum Gasteiger partial charge on any atom is 0.330 e. The van der Waals surface area contributed by atoms with Crippen molar-refractivity contribution < 1.29 is 14.3 Å². The van der Waals surface area contributed by atoms with Gasteiger partial charge in [0.2, 0.25) is 5.91 Å². The molecule has 0 atom stereocenters. The Morgan fingerprint density at radius 2 is 2.00 bits per heavy atom. The highest BCUT2D eigenvalue weighted by atomic mass is 35.5. The van der Waals surface area contributed by atoms with E-state index in [9.17, 15) is 9.59 Å². The second-order valence-corrected chi connectivity index (χ2v) is 3.73. The van der Waals surface area contributed by atoms with Gasteiger partial charge in [0, 0.05) is 12.2 Å². The summed E-state index contributed by atoms with van der Waals surface area (Å²) < 4.78 is 4.34. The van der Waals surface area contributed by atoms with Crippen molar-refractivity contribution in [3.05, 3.63) is 40.4 Å². The number of carbonyl (C=O) groups is 2. The van der Waals surface area contributed by atoms with E-state index in [2.05, 4.69) is 10.1 Å². The third-order valence-corrected chi connectivity index (χ3v) is 2.60. The second-order valence-electron chi connectivity index (χ2n) is 2.95. The van der Waals surface area contributed by atoms with Gasteiger partial charge in [-0.3, -0.25) is 4.79 Å². The molecule has 0 aliphatic rings. The molecular weight excluding hydrogens is 265 g/mol. The molecule has 0 unspecified atom stereocenters. The maximum absolute atomic E-state index is 11.4. The molecule has 1 amide bonds. The molecule has 0 heterocycles. The van der Waals surface area contributed by atoms with Crippen molar-refractivity contribution >= 4 is 40.8 Å². The molecule has 90 valence electrons. The maximum atomic E-state index is 11.4. The fourth-order valence-corrected chi connectivity index (χ4v) is 1.33. The van der Waals surface area contributed by atoms with Crippen LogP contribution >= 0.6 is 23.2 Å². The van der Waals surface area contributed by atoms with E-state index in [1.165, 1.54) is 7.11 Å². The van der Waals surface area contributed by atoms with Gasteiger partial charge in [-0.05, 0) is 12.1 Å². The van der Waals surface area contributed by atoms with Crippen LogP contribution in [0.4, 0.5) is 5.69 Å². The lowest BCUT2D eigenvalue weighted by Crippen LogP contribution is -2.09. The van der Waals surface area contributed by atoms with Crippen molar-refractivity contribution in [3.8, 4) is 0 Å². The smallest absolute Gasteiger partial charge is 0.330 e. The third-order valence-electron chi connectivity index (χ3n) is 1.78. The van der Waals surface area contributed by atoms with Crippen LogP contribution in [-0.2, 0) is 14.3 Å². The molecule has 0 fully saturated rings. The van der Waals surface area contributed by atoms with Gasteiger partial charge in [-0.25, -0.2) is 4.79 Å². The summed E-state index contributed by atoms with van der Waals surface area (Å²) in [7, 11) is 1.22. The number of rotatable bonds is 3. The Labute approximate surface area is 108 Å². The standard InChI is InChI=1S/C11H9Cl2NO3/c1-17-10(16)6-5-9(15)14-8-4-2-3-7(12)11(8)13/h2-6H,1H3,(H,14,15)/b6-5-. The fourth-order valence-electron chi connectivity index (χ4n) is 0.987. The van der Waals surface area contributed by atoms with E-state index in [1.54, 1.807) is 18.2 Å². The van der Waals surface area contributed by atoms with Crippen LogP contribution in [0.2, 0.25) is 10.0 Å². The summed E-state index contributed by atoms with van der Waals surface area (Å²) in [5.41, 5.74) is 0.374. The Morgan fingerprint density at radius 1 is 1.29 bits per heavy atom. The molecule has 0 saturated carbocycles. The molecule has 0 aliphatic heterocycles. The number of nitrogens with one attached hydrogen (secondary N) is 1. The van der Waals surface area contributed by atoms with Crippen LogP contribution in [-0.4, -0.2) is 19.0 Å². The highest BCUT2D eigenvalue weighted by Crippen LogP contribution is 2.29. The summed E-state index contributed by atoms with van der Waals surface area (Å²) >= 11 is 11.6. The lowest BCUT2D eigenvalue weighted by molar-refractivity contribution is -0.135. The number of carbonyl (C=O) groups excluding carboxylic acids is 2. The van der Waals surface area contributed by atoms with Gasteiger partial charge in [-0.2, -0.15) is 0 Å². The molecule has 0 aromatic heterocycles. The first-order valence-electron chi connectivity index (χ1n) is 4.55. The quantitative estimate of drug-likeness (QED) is 0.681. The van der Waals surface area contributed by atoms with Crippen molar-refractivity contribution in [1.82, 2.24) is 0 Å². The Kier molecular flexibility index (Phi) is 5.00. The molecule has 1 aromatic rings. The SMILES string of the molecule is COC(=O)/C=C\C(=O)Nc1cccc(Cl)c1Cl. The molecule has 6 heteroatoms. The molecule has 1 aromatic carbocycles. The first kappa shape index (κ1) is 13.5. The minimum absolute atomic E-state index is 0.244. The van der Waals surface area contributed by atoms with Crippen molar-refractivity contribution in [3.63, 3.8) is 0 Å². The van der Waals surface area contributed by atoms with Crippen LogP contribution in [0.25, 0.3) is 0 Å². The fraction of sp³-hybridized carbons (Fsp3) is 0.0909. The van der Waals surface area contributed by atoms with Gasteiger partial charge in [0.1, 0.15) is 0 Å². The van der Waals surface area contributed by atoms with Crippen molar-refractivity contribution in [2.45, 2.75) is 0 Å². The van der Waals surface area contributed by atoms with Crippen LogP contribution in [0.5, 0.6) is 0 Å². The molecule has 1 N–H and O–H groups in total. The Balaban J connectivity index is 2.72. The molecule has 0 saturated heterocycles. The molecule has 1 rings (SSSR count). The lowest BCUT2D eigenvalue weighted by atomic mass is 10.3. The molecule has 0 spiro atoms. The van der Waals surface area contributed by atoms with Gasteiger partial charge in [0.05, 0.1) is 22.8 Å². The number of amides is 1. The lowest BCUT2D eigenvalue weighted by Gasteiger charge is -2.05. The Morgan fingerprint density at radius 3 is 2.65 bits per heavy atom. The van der Waals surface area contributed by atoms with Crippen LogP contribution in [0.1, 0.15) is 0 Å². The average Bonchev–Trinajstić information content (AvgIpc) is 2.32. The van der Waals surface area contributed by atoms with Crippen LogP contribution in [0.15, 0.2) is 30.4 Å². The number of anilines is 1. The molecule has 17 heavy (non-hydrogen) atoms. The van der Waals surface area contributed by atoms with Gasteiger partial charge in [0.25, 0.3) is 0 Å². The van der Waals surface area contributed by atoms with E-state index in [1.807, 2.05) is 0 Å². The first-order chi connectivity index (χ1) is 8.04. The number of esters is 1. The number of hydrogen-bond acceptors (Lipinski definition) is 3. The van der Waals surface area contributed by atoms with E-state index >= 15 is 0 Å². The molecular formula is C11H9Cl2NO3. The largest absolute Gasteiger partial charge is 0.466 e. The van der Waals surface area contributed by atoms with E-state index in [4.69, 9.17) is 23.2 Å². The summed E-state index contributed by atoms with van der Waals surface area (Å²) in [5, 5.41) is 3.06. The van der Waals surface area contributed by atoms with Crippen molar-refractivity contribution in [2.75, 3.05) is 12.4 Å². The van der Waals surface area contributed by atoms with Gasteiger partial charge in [-0.1, -0.05) is 29.3 Å². The minimum Gasteiger partial charge on any atom is -0.466 e. The van der Waals surface area contributed by atoms with Gasteiger partial charge in [0.15, 0.2) is 0 Å². The van der Waals surface area contributed by atoms with Crippen LogP contribution in [0.3, 0.4) is 0 Å². The van der Waals surface area contributed by atoms with Crippen molar-refractivity contribution in [2.24, 2.45) is 0 Å². The molecule has 0 radical (unpaired) electrons. The van der Waals surface area contributed by atoms with E-state index < -0.39 is 11.9 Å². The van der Waals surface area contributed by atoms with E-state index in [0.29, 0.717) is 10.7 Å². The topological polar surface area (TPSA) is 55.4 Å². The molecule has 0 bridgehead atoms. The monoisotopic (exact) mass is 273 g/mol. The zero-order chi connectivity index (χ0) is 12.8. The van der Waals surface area contributed by atoms with Gasteiger partial charge >= 0.3 is 5.97 Å². The molecule has 4 nitrogen and oxygen atoms in total. The average molecular weight is 274 g/mol. The number of methoxy groups -OCH3 is 1. The predicted molar refractivity (Wildman–Crippen MR) is 66.2 cm³/mol. The summed E-state index contributed by atoms with van der Waals surface area (Å²) in [6, 6.07) is 4.84. The Bertz CT molecular complexity index is 472. The number of hydrogen-bond donors (Lipinski definition) is 1. The third kappa shape index (κ3) is 4.09. The van der Waals surface area contributed by atoms with E-state index in [-0.39, 0.29) is 5.02 Å². The predicted octanol–water partition coefficient (Wildman–Crippen LogP) is 2.66. The van der Waals surface area contributed by atoms with Crippen molar-refractivity contribution in [1.29, 1.82) is 0 Å². The molecule has 0 aliphatic carbocycles. The number of benzene rings is 1. The summed E-state index contributed by atoms with van der Waals surface area (Å²) in [6.07, 6.45) is 2.05.